The van der Waals surface area contributed by atoms with E-state index in [4.69, 9.17) is 9.73 Å². The zero-order chi connectivity index (χ0) is 31.4. The van der Waals surface area contributed by atoms with E-state index in [1.165, 1.54) is 186 Å². The Balaban J connectivity index is 1.81. The van der Waals surface area contributed by atoms with Crippen LogP contribution < -0.4 is 0 Å². The van der Waals surface area contributed by atoms with Crippen molar-refractivity contribution in [3.05, 3.63) is 24.3 Å². The van der Waals surface area contributed by atoms with E-state index in [1.807, 2.05) is 0 Å². The van der Waals surface area contributed by atoms with Crippen molar-refractivity contribution < 1.29 is 4.74 Å². The summed E-state index contributed by atoms with van der Waals surface area (Å²) in [6.07, 6.45) is 49.1. The van der Waals surface area contributed by atoms with Crippen LogP contribution in [0.1, 0.15) is 200 Å². The molecule has 0 atom stereocenters. The molecular formula is C41H78N2O. The first-order chi connectivity index (χ1) is 21.9. The summed E-state index contributed by atoms with van der Waals surface area (Å²) in [6.45, 7) is 9.47. The van der Waals surface area contributed by atoms with E-state index < -0.39 is 0 Å². The highest BCUT2D eigenvalue weighted by Crippen LogP contribution is 2.14. The number of allylic oxidation sites excluding steroid dienone is 4. The average Bonchev–Trinajstić information content (AvgIpc) is 3.49. The minimum atomic E-state index is 0.859. The lowest BCUT2D eigenvalue weighted by Gasteiger charge is -2.20. The quantitative estimate of drug-likeness (QED) is 0.0524. The van der Waals surface area contributed by atoms with E-state index in [2.05, 4.69) is 43.1 Å². The first-order valence-electron chi connectivity index (χ1n) is 20.0. The number of aliphatic imine (C=N–C) groups is 1. The van der Waals surface area contributed by atoms with Crippen LogP contribution in [-0.2, 0) is 4.74 Å². The van der Waals surface area contributed by atoms with Crippen molar-refractivity contribution in [2.45, 2.75) is 200 Å². The van der Waals surface area contributed by atoms with Crippen molar-refractivity contribution in [1.82, 2.24) is 4.90 Å². The molecular weight excluding hydrogens is 536 g/mol. The lowest BCUT2D eigenvalue weighted by Crippen LogP contribution is -2.31. The van der Waals surface area contributed by atoms with Gasteiger partial charge in [-0.15, -0.1) is 0 Å². The van der Waals surface area contributed by atoms with Crippen molar-refractivity contribution in [1.29, 1.82) is 0 Å². The van der Waals surface area contributed by atoms with Crippen LogP contribution in [0, 0.1) is 0 Å². The first kappa shape index (κ1) is 40.9. The van der Waals surface area contributed by atoms with Crippen LogP contribution in [0.3, 0.4) is 0 Å². The number of hydrogen-bond acceptors (Lipinski definition) is 3. The molecule has 1 heterocycles. The molecule has 1 aliphatic rings. The zero-order valence-corrected chi connectivity index (χ0v) is 30.2. The number of hydrogen-bond donors (Lipinski definition) is 0. The van der Waals surface area contributed by atoms with Gasteiger partial charge in [0.05, 0.1) is 19.0 Å². The molecule has 0 fully saturated rings. The van der Waals surface area contributed by atoms with Crippen LogP contribution in [0.25, 0.3) is 0 Å². The van der Waals surface area contributed by atoms with Gasteiger partial charge >= 0.3 is 0 Å². The number of ether oxygens (including phenoxy) is 1. The molecule has 3 nitrogen and oxygen atoms in total. The summed E-state index contributed by atoms with van der Waals surface area (Å²) >= 11 is 0. The van der Waals surface area contributed by atoms with Crippen LogP contribution in [0.15, 0.2) is 29.3 Å². The fraction of sp³-hybridized carbons (Fsp3) is 0.878. The van der Waals surface area contributed by atoms with Gasteiger partial charge in [0.1, 0.15) is 0 Å². The standard InChI is InChI=1S/C41H78N2O/c1-3-5-7-9-11-13-15-17-19-21-23-25-27-29-31-33-35-41-42-36-37-43(41)38-40-44-39-34-32-30-28-26-24-22-20-18-16-14-12-10-8-6-4-2/h17-20H,3-16,21-40H2,1-2H3/b19-17-,20-18-. The molecule has 44 heavy (non-hydrogen) atoms. The largest absolute Gasteiger partial charge is 0.380 e. The molecule has 0 aliphatic carbocycles. The molecule has 0 saturated heterocycles. The average molecular weight is 615 g/mol. The fourth-order valence-corrected chi connectivity index (χ4v) is 6.27. The second-order valence-corrected chi connectivity index (χ2v) is 13.5. The second-order valence-electron chi connectivity index (χ2n) is 13.5. The van der Waals surface area contributed by atoms with Gasteiger partial charge in [-0.2, -0.15) is 0 Å². The van der Waals surface area contributed by atoms with Gasteiger partial charge in [-0.25, -0.2) is 0 Å². The number of amidine groups is 1. The SMILES string of the molecule is CCCCCCCC/C=C\CCCCCCCCOCCN1CCN=C1CCCCCCCC/C=C\CCCCCCCC. The Labute approximate surface area is 277 Å². The summed E-state index contributed by atoms with van der Waals surface area (Å²) in [5.41, 5.74) is 0. The summed E-state index contributed by atoms with van der Waals surface area (Å²) in [6, 6.07) is 0. The highest BCUT2D eigenvalue weighted by Gasteiger charge is 2.15. The van der Waals surface area contributed by atoms with E-state index in [9.17, 15) is 0 Å². The predicted octanol–water partition coefficient (Wildman–Crippen LogP) is 13.2. The van der Waals surface area contributed by atoms with Crippen LogP contribution in [-0.4, -0.2) is 43.6 Å². The third-order valence-corrected chi connectivity index (χ3v) is 9.25. The highest BCUT2D eigenvalue weighted by atomic mass is 16.5. The van der Waals surface area contributed by atoms with E-state index >= 15 is 0 Å². The molecule has 0 unspecified atom stereocenters. The summed E-state index contributed by atoms with van der Waals surface area (Å²) in [7, 11) is 0. The minimum Gasteiger partial charge on any atom is -0.380 e. The Morgan fingerprint density at radius 2 is 0.909 bits per heavy atom. The molecule has 0 saturated carbocycles. The molecule has 258 valence electrons. The Kier molecular flexibility index (Phi) is 32.4. The molecule has 0 aromatic rings. The number of unbranched alkanes of at least 4 members (excludes halogenated alkanes) is 24. The molecule has 0 bridgehead atoms. The number of nitrogens with zero attached hydrogens (tertiary/aromatic N) is 2. The molecule has 0 amide bonds. The van der Waals surface area contributed by atoms with E-state index in [0.29, 0.717) is 0 Å². The van der Waals surface area contributed by atoms with E-state index in [-0.39, 0.29) is 0 Å². The molecule has 1 rings (SSSR count). The van der Waals surface area contributed by atoms with Gasteiger partial charge in [-0.3, -0.25) is 4.99 Å². The maximum atomic E-state index is 5.99. The Morgan fingerprint density at radius 3 is 1.39 bits per heavy atom. The highest BCUT2D eigenvalue weighted by molar-refractivity contribution is 5.83. The maximum Gasteiger partial charge on any atom is 0.0991 e. The van der Waals surface area contributed by atoms with Gasteiger partial charge in [-0.05, 0) is 64.2 Å². The van der Waals surface area contributed by atoms with Crippen molar-refractivity contribution in [3.63, 3.8) is 0 Å². The van der Waals surface area contributed by atoms with E-state index in [1.54, 1.807) is 0 Å². The smallest absolute Gasteiger partial charge is 0.0991 e. The third-order valence-electron chi connectivity index (χ3n) is 9.25. The topological polar surface area (TPSA) is 24.8 Å². The van der Waals surface area contributed by atoms with Crippen molar-refractivity contribution in [3.8, 4) is 0 Å². The van der Waals surface area contributed by atoms with Crippen LogP contribution in [0.2, 0.25) is 0 Å². The van der Waals surface area contributed by atoms with Crippen molar-refractivity contribution >= 4 is 5.84 Å². The van der Waals surface area contributed by atoms with Crippen LogP contribution in [0.5, 0.6) is 0 Å². The Hall–Kier alpha value is -1.09. The van der Waals surface area contributed by atoms with Crippen LogP contribution >= 0.6 is 0 Å². The van der Waals surface area contributed by atoms with Crippen molar-refractivity contribution in [2.75, 3.05) is 32.8 Å². The second kappa shape index (κ2) is 34.8. The van der Waals surface area contributed by atoms with E-state index in [0.717, 1.165) is 39.3 Å². The molecule has 1 aliphatic heterocycles. The van der Waals surface area contributed by atoms with Gasteiger partial charge < -0.3 is 9.64 Å². The molecule has 0 N–H and O–H groups in total. The van der Waals surface area contributed by atoms with Gasteiger partial charge in [0.2, 0.25) is 0 Å². The predicted molar refractivity (Wildman–Crippen MR) is 198 cm³/mol. The molecule has 3 heteroatoms. The maximum absolute atomic E-state index is 5.99. The van der Waals surface area contributed by atoms with Crippen LogP contribution in [0.4, 0.5) is 0 Å². The monoisotopic (exact) mass is 615 g/mol. The molecule has 0 spiro atoms. The first-order valence-corrected chi connectivity index (χ1v) is 20.0. The zero-order valence-electron chi connectivity index (χ0n) is 30.2. The minimum absolute atomic E-state index is 0.859. The van der Waals surface area contributed by atoms with Gasteiger partial charge in [0, 0.05) is 26.1 Å². The van der Waals surface area contributed by atoms with Gasteiger partial charge in [0.25, 0.3) is 0 Å². The lowest BCUT2D eigenvalue weighted by atomic mass is 10.1. The summed E-state index contributed by atoms with van der Waals surface area (Å²) in [5, 5.41) is 0. The normalized spacial score (nSPS) is 13.7. The summed E-state index contributed by atoms with van der Waals surface area (Å²) < 4.78 is 5.99. The Bertz CT molecular complexity index is 655. The van der Waals surface area contributed by atoms with Gasteiger partial charge in [-0.1, -0.05) is 154 Å². The lowest BCUT2D eigenvalue weighted by molar-refractivity contribution is 0.118. The molecule has 0 aromatic heterocycles. The molecule has 0 aromatic carbocycles. The fourth-order valence-electron chi connectivity index (χ4n) is 6.27. The number of rotatable bonds is 35. The Morgan fingerprint density at radius 1 is 0.500 bits per heavy atom. The summed E-state index contributed by atoms with van der Waals surface area (Å²) in [4.78, 5) is 7.29. The van der Waals surface area contributed by atoms with Gasteiger partial charge in [0.15, 0.2) is 0 Å². The third kappa shape index (κ3) is 28.4. The molecule has 0 radical (unpaired) electrons. The van der Waals surface area contributed by atoms with Crippen molar-refractivity contribution in [2.24, 2.45) is 4.99 Å². The summed E-state index contributed by atoms with van der Waals surface area (Å²) in [5.74, 6) is 1.35.